The van der Waals surface area contributed by atoms with Gasteiger partial charge in [-0.1, -0.05) is 18.2 Å². The van der Waals surface area contributed by atoms with E-state index in [0.29, 0.717) is 12.5 Å². The minimum atomic E-state index is -0.495. The number of hydrogen-bond donors (Lipinski definition) is 2. The molecule has 0 heterocycles. The van der Waals surface area contributed by atoms with Crippen molar-refractivity contribution in [1.29, 1.82) is 5.26 Å². The summed E-state index contributed by atoms with van der Waals surface area (Å²) in [5, 5.41) is 14.3. The molecule has 2 N–H and O–H groups in total. The molecule has 0 fully saturated rings. The Morgan fingerprint density at radius 2 is 2.16 bits per heavy atom. The lowest BCUT2D eigenvalue weighted by molar-refractivity contribution is 0.489. The maximum atomic E-state index is 12.1. The third-order valence-corrected chi connectivity index (χ3v) is 3.17. The molecular formula is C14H17FN4. The zero-order valence-corrected chi connectivity index (χ0v) is 10.7. The van der Waals surface area contributed by atoms with Crippen LogP contribution in [-0.2, 0) is 19.4 Å². The van der Waals surface area contributed by atoms with E-state index in [1.165, 1.54) is 24.0 Å². The number of hydrogen-bond acceptors (Lipinski definition) is 2. The highest BCUT2D eigenvalue weighted by atomic mass is 19.1. The minimum Gasteiger partial charge on any atom is -0.353 e. The third kappa shape index (κ3) is 3.68. The number of nitriles is 1. The number of guanidine groups is 1. The number of aliphatic imine (C=N–C) groups is 1. The van der Waals surface area contributed by atoms with E-state index in [0.717, 1.165) is 12.0 Å². The Morgan fingerprint density at radius 3 is 2.95 bits per heavy atom. The van der Waals surface area contributed by atoms with E-state index in [1.54, 1.807) is 6.19 Å². The Hall–Kier alpha value is -2.09. The molecule has 0 radical (unpaired) electrons. The molecule has 0 spiro atoms. The van der Waals surface area contributed by atoms with Gasteiger partial charge in [-0.15, -0.1) is 4.99 Å². The quantitative estimate of drug-likeness (QED) is 0.492. The van der Waals surface area contributed by atoms with E-state index >= 15 is 0 Å². The molecule has 0 aliphatic heterocycles. The largest absolute Gasteiger partial charge is 0.353 e. The fourth-order valence-electron chi connectivity index (χ4n) is 2.28. The summed E-state index contributed by atoms with van der Waals surface area (Å²) in [6, 6.07) is 6.43. The summed E-state index contributed by atoms with van der Waals surface area (Å²) in [6.07, 6.45) is 5.23. The molecule has 0 aromatic heterocycles. The van der Waals surface area contributed by atoms with Gasteiger partial charge in [-0.25, -0.2) is 4.39 Å². The van der Waals surface area contributed by atoms with Crippen molar-refractivity contribution in [1.82, 2.24) is 10.6 Å². The van der Waals surface area contributed by atoms with Crippen LogP contribution in [0.1, 0.15) is 23.1 Å². The van der Waals surface area contributed by atoms with Crippen molar-refractivity contribution >= 4 is 5.96 Å². The number of aryl methyl sites for hydroxylation is 2. The number of benzene rings is 1. The third-order valence-electron chi connectivity index (χ3n) is 3.17. The Balaban J connectivity index is 1.94. The van der Waals surface area contributed by atoms with Crippen molar-refractivity contribution in [3.63, 3.8) is 0 Å². The second-order valence-electron chi connectivity index (χ2n) is 4.49. The Bertz CT molecular complexity index is 505. The molecule has 4 nitrogen and oxygen atoms in total. The molecule has 0 atom stereocenters. The summed E-state index contributed by atoms with van der Waals surface area (Å²) in [6.45, 7) is 0.232. The van der Waals surface area contributed by atoms with E-state index in [2.05, 4.69) is 33.8 Å². The molecule has 1 aromatic rings. The summed E-state index contributed by atoms with van der Waals surface area (Å²) in [7, 11) is 0. The molecule has 2 rings (SSSR count). The first-order valence-corrected chi connectivity index (χ1v) is 6.44. The van der Waals surface area contributed by atoms with E-state index < -0.39 is 6.67 Å². The number of nitrogens with one attached hydrogen (secondary N) is 2. The van der Waals surface area contributed by atoms with Crippen LogP contribution in [0.4, 0.5) is 4.39 Å². The highest BCUT2D eigenvalue weighted by Crippen LogP contribution is 2.22. The molecular weight excluding hydrogens is 243 g/mol. The van der Waals surface area contributed by atoms with Crippen LogP contribution in [0.3, 0.4) is 0 Å². The summed E-state index contributed by atoms with van der Waals surface area (Å²) in [4.78, 5) is 3.58. The van der Waals surface area contributed by atoms with Gasteiger partial charge in [0, 0.05) is 13.1 Å². The molecule has 1 aliphatic rings. The lowest BCUT2D eigenvalue weighted by Crippen LogP contribution is -2.37. The van der Waals surface area contributed by atoms with Crippen molar-refractivity contribution in [3.05, 3.63) is 34.9 Å². The van der Waals surface area contributed by atoms with Gasteiger partial charge in [0.1, 0.15) is 6.67 Å². The first kappa shape index (κ1) is 13.3. The molecule has 100 valence electrons. The first-order valence-electron chi connectivity index (χ1n) is 6.44. The summed E-state index contributed by atoms with van der Waals surface area (Å²) < 4.78 is 12.1. The van der Waals surface area contributed by atoms with Crippen molar-refractivity contribution in [3.8, 4) is 6.19 Å². The molecule has 0 saturated carbocycles. The highest BCUT2D eigenvalue weighted by Gasteiger charge is 2.10. The van der Waals surface area contributed by atoms with Crippen LogP contribution in [-0.4, -0.2) is 19.2 Å². The van der Waals surface area contributed by atoms with E-state index in [9.17, 15) is 4.39 Å². The number of rotatable bonds is 4. The lowest BCUT2D eigenvalue weighted by atomic mass is 10.1. The molecule has 1 aromatic carbocycles. The SMILES string of the molecule is N#C/N=C(\NCCF)NCc1ccc2c(c1)CCC2. The van der Waals surface area contributed by atoms with Crippen LogP contribution in [0.2, 0.25) is 0 Å². The zero-order valence-electron chi connectivity index (χ0n) is 10.7. The van der Waals surface area contributed by atoms with Gasteiger partial charge in [0.25, 0.3) is 0 Å². The maximum absolute atomic E-state index is 12.1. The second kappa shape index (κ2) is 6.74. The number of fused-ring (bicyclic) bond motifs is 1. The lowest BCUT2D eigenvalue weighted by Gasteiger charge is -2.10. The van der Waals surface area contributed by atoms with Crippen LogP contribution in [0.5, 0.6) is 0 Å². The van der Waals surface area contributed by atoms with Gasteiger partial charge in [-0.3, -0.25) is 0 Å². The Kier molecular flexibility index (Phi) is 4.73. The highest BCUT2D eigenvalue weighted by molar-refractivity contribution is 5.80. The molecule has 0 saturated heterocycles. The number of alkyl halides is 1. The van der Waals surface area contributed by atoms with Crippen LogP contribution in [0.15, 0.2) is 23.2 Å². The summed E-state index contributed by atoms with van der Waals surface area (Å²) >= 11 is 0. The van der Waals surface area contributed by atoms with Gasteiger partial charge in [0.2, 0.25) is 12.2 Å². The van der Waals surface area contributed by atoms with E-state index in [-0.39, 0.29) is 6.54 Å². The molecule has 1 aliphatic carbocycles. The normalized spacial score (nSPS) is 13.8. The standard InChI is InChI=1S/C14H17FN4/c15-6-7-17-14(19-10-16)18-9-11-4-5-12-2-1-3-13(12)8-11/h4-5,8H,1-3,6-7,9H2,(H2,17,18,19). The smallest absolute Gasteiger partial charge is 0.209 e. The Labute approximate surface area is 112 Å². The molecule has 5 heteroatoms. The monoisotopic (exact) mass is 260 g/mol. The summed E-state index contributed by atoms with van der Waals surface area (Å²) in [5.41, 5.74) is 3.99. The number of nitrogens with zero attached hydrogens (tertiary/aromatic N) is 2. The topological polar surface area (TPSA) is 60.2 Å². The maximum Gasteiger partial charge on any atom is 0.209 e. The molecule has 0 unspecified atom stereocenters. The van der Waals surface area contributed by atoms with Crippen LogP contribution in [0, 0.1) is 11.5 Å². The van der Waals surface area contributed by atoms with E-state index in [4.69, 9.17) is 5.26 Å². The van der Waals surface area contributed by atoms with Gasteiger partial charge in [0.05, 0.1) is 0 Å². The zero-order chi connectivity index (χ0) is 13.5. The van der Waals surface area contributed by atoms with Crippen molar-refractivity contribution in [2.45, 2.75) is 25.8 Å². The fourth-order valence-corrected chi connectivity index (χ4v) is 2.28. The predicted octanol–water partition coefficient (Wildman–Crippen LogP) is 1.66. The van der Waals surface area contributed by atoms with Crippen molar-refractivity contribution in [2.24, 2.45) is 4.99 Å². The minimum absolute atomic E-state index is 0.150. The predicted molar refractivity (Wildman–Crippen MR) is 72.3 cm³/mol. The summed E-state index contributed by atoms with van der Waals surface area (Å²) in [5.74, 6) is 0.320. The average Bonchev–Trinajstić information content (AvgIpc) is 2.89. The van der Waals surface area contributed by atoms with Gasteiger partial charge in [-0.2, -0.15) is 5.26 Å². The van der Waals surface area contributed by atoms with Gasteiger partial charge in [-0.05, 0) is 36.0 Å². The molecule has 0 bridgehead atoms. The molecule has 19 heavy (non-hydrogen) atoms. The van der Waals surface area contributed by atoms with Crippen LogP contribution < -0.4 is 10.6 Å². The average molecular weight is 260 g/mol. The van der Waals surface area contributed by atoms with Crippen LogP contribution >= 0.6 is 0 Å². The fraction of sp³-hybridized carbons (Fsp3) is 0.429. The van der Waals surface area contributed by atoms with Crippen LogP contribution in [0.25, 0.3) is 0 Å². The first-order chi connectivity index (χ1) is 9.33. The number of halogens is 1. The Morgan fingerprint density at radius 1 is 1.32 bits per heavy atom. The second-order valence-corrected chi connectivity index (χ2v) is 4.49. The van der Waals surface area contributed by atoms with Gasteiger partial charge in [0.15, 0.2) is 0 Å². The van der Waals surface area contributed by atoms with Gasteiger partial charge < -0.3 is 10.6 Å². The van der Waals surface area contributed by atoms with Crippen molar-refractivity contribution in [2.75, 3.05) is 13.2 Å². The van der Waals surface area contributed by atoms with E-state index in [1.807, 2.05) is 0 Å². The van der Waals surface area contributed by atoms with Gasteiger partial charge >= 0.3 is 0 Å². The van der Waals surface area contributed by atoms with Crippen molar-refractivity contribution < 1.29 is 4.39 Å². The molecule has 0 amide bonds.